The van der Waals surface area contributed by atoms with E-state index in [2.05, 4.69) is 11.2 Å². The molecule has 1 amide bonds. The molecule has 7 nitrogen and oxygen atoms in total. The van der Waals surface area contributed by atoms with Crippen LogP contribution in [0.25, 0.3) is 5.69 Å². The quantitative estimate of drug-likeness (QED) is 0.647. The predicted molar refractivity (Wildman–Crippen MR) is 118 cm³/mol. The van der Waals surface area contributed by atoms with E-state index in [1.165, 1.54) is 4.90 Å². The fourth-order valence-corrected chi connectivity index (χ4v) is 3.16. The Morgan fingerprint density at radius 3 is 2.29 bits per heavy atom. The van der Waals surface area contributed by atoms with Crippen molar-refractivity contribution in [1.82, 2.24) is 9.78 Å². The topological polar surface area (TPSA) is 91.4 Å². The summed E-state index contributed by atoms with van der Waals surface area (Å²) in [5.41, 5.74) is 1.51. The molecular formula is C24H26N4O3. The Bertz CT molecular complexity index is 1060. The second-order valence-electron chi connectivity index (χ2n) is 8.03. The molecule has 160 valence electrons. The molecule has 0 radical (unpaired) electrons. The Hall–Kier alpha value is -3.63. The van der Waals surface area contributed by atoms with E-state index in [1.807, 2.05) is 60.7 Å². The molecule has 1 N–H and O–H groups in total. The van der Waals surface area contributed by atoms with Gasteiger partial charge in [-0.25, -0.2) is 9.48 Å². The van der Waals surface area contributed by atoms with Crippen molar-refractivity contribution in [3.8, 4) is 11.8 Å². The number of hydrogen-bond acceptors (Lipinski definition) is 5. The van der Waals surface area contributed by atoms with E-state index in [1.54, 1.807) is 25.5 Å². The van der Waals surface area contributed by atoms with E-state index in [4.69, 9.17) is 4.74 Å². The van der Waals surface area contributed by atoms with Gasteiger partial charge >= 0.3 is 6.09 Å². The van der Waals surface area contributed by atoms with Crippen LogP contribution in [0.5, 0.6) is 0 Å². The highest BCUT2D eigenvalue weighted by molar-refractivity contribution is 5.89. The molecule has 1 aromatic heterocycles. The van der Waals surface area contributed by atoms with Crippen molar-refractivity contribution in [3.63, 3.8) is 0 Å². The molecule has 7 heteroatoms. The zero-order chi connectivity index (χ0) is 22.4. The summed E-state index contributed by atoms with van der Waals surface area (Å²) in [5.74, 6) is 0.315. The van der Waals surface area contributed by atoms with Gasteiger partial charge in [0.1, 0.15) is 17.2 Å². The van der Waals surface area contributed by atoms with Crippen LogP contribution in [0.15, 0.2) is 60.7 Å². The van der Waals surface area contributed by atoms with E-state index in [9.17, 15) is 15.2 Å². The van der Waals surface area contributed by atoms with E-state index in [0.717, 1.165) is 5.56 Å². The Morgan fingerprint density at radius 2 is 1.74 bits per heavy atom. The molecule has 0 aliphatic rings. The van der Waals surface area contributed by atoms with E-state index >= 15 is 0 Å². The van der Waals surface area contributed by atoms with Crippen LogP contribution in [-0.2, 0) is 17.7 Å². The number of anilines is 1. The van der Waals surface area contributed by atoms with Crippen molar-refractivity contribution in [3.05, 3.63) is 77.5 Å². The van der Waals surface area contributed by atoms with Gasteiger partial charge in [0.2, 0.25) is 0 Å². The van der Waals surface area contributed by atoms with Gasteiger partial charge in [-0.1, -0.05) is 48.5 Å². The fraction of sp³-hybridized carbons (Fsp3) is 0.292. The zero-order valence-electron chi connectivity index (χ0n) is 17.9. The molecule has 3 aromatic rings. The van der Waals surface area contributed by atoms with Gasteiger partial charge in [-0.2, -0.15) is 10.4 Å². The molecular weight excluding hydrogens is 392 g/mol. The minimum Gasteiger partial charge on any atom is -0.443 e. The number of aliphatic hydroxyl groups excluding tert-OH is 1. The van der Waals surface area contributed by atoms with Crippen molar-refractivity contribution in [2.75, 3.05) is 11.5 Å². The van der Waals surface area contributed by atoms with Crippen LogP contribution in [0.3, 0.4) is 0 Å². The highest BCUT2D eigenvalue weighted by atomic mass is 16.6. The molecule has 2 aromatic carbocycles. The Balaban J connectivity index is 2.20. The molecule has 3 rings (SSSR count). The number of benzene rings is 2. The number of rotatable bonds is 6. The number of ether oxygens (including phenoxy) is 1. The Labute approximate surface area is 182 Å². The first-order valence-corrected chi connectivity index (χ1v) is 10.1. The monoisotopic (exact) mass is 418 g/mol. The van der Waals surface area contributed by atoms with Gasteiger partial charge in [0.25, 0.3) is 0 Å². The maximum absolute atomic E-state index is 13.3. The SMILES string of the molecule is CC(C)(C)OC(=O)N(Cc1ccccc1)c1c(C#N)c(CCO)nn1-c1ccccc1. The average molecular weight is 418 g/mol. The molecule has 0 unspecified atom stereocenters. The lowest BCUT2D eigenvalue weighted by atomic mass is 10.1. The molecule has 0 aliphatic heterocycles. The summed E-state index contributed by atoms with van der Waals surface area (Å²) in [6.07, 6.45) is -0.385. The van der Waals surface area contributed by atoms with Crippen LogP contribution in [0.2, 0.25) is 0 Å². The third kappa shape index (κ3) is 5.30. The predicted octanol–water partition coefficient (Wildman–Crippen LogP) is 4.22. The lowest BCUT2D eigenvalue weighted by molar-refractivity contribution is 0.0575. The first-order chi connectivity index (χ1) is 14.8. The third-order valence-corrected chi connectivity index (χ3v) is 4.45. The Morgan fingerprint density at radius 1 is 1.13 bits per heavy atom. The van der Waals surface area contributed by atoms with Gasteiger partial charge < -0.3 is 9.84 Å². The Kier molecular flexibility index (Phi) is 6.73. The molecule has 0 fully saturated rings. The van der Waals surface area contributed by atoms with Gasteiger partial charge in [0, 0.05) is 13.0 Å². The highest BCUT2D eigenvalue weighted by Crippen LogP contribution is 2.30. The van der Waals surface area contributed by atoms with Crippen LogP contribution in [0.1, 0.15) is 37.6 Å². The first kappa shape index (κ1) is 22.1. The van der Waals surface area contributed by atoms with Gasteiger partial charge in [-0.3, -0.25) is 4.90 Å². The van der Waals surface area contributed by atoms with Gasteiger partial charge in [-0.05, 0) is 38.5 Å². The summed E-state index contributed by atoms with van der Waals surface area (Å²) in [7, 11) is 0. The first-order valence-electron chi connectivity index (χ1n) is 10.1. The molecule has 0 bridgehead atoms. The zero-order valence-corrected chi connectivity index (χ0v) is 17.9. The molecule has 31 heavy (non-hydrogen) atoms. The number of nitriles is 1. The van der Waals surface area contributed by atoms with E-state index in [-0.39, 0.29) is 25.1 Å². The molecule has 0 saturated heterocycles. The van der Waals surface area contributed by atoms with Crippen molar-refractivity contribution in [2.24, 2.45) is 0 Å². The van der Waals surface area contributed by atoms with Crippen molar-refractivity contribution >= 4 is 11.9 Å². The van der Waals surface area contributed by atoms with E-state index in [0.29, 0.717) is 17.2 Å². The number of carbonyl (C=O) groups is 1. The average Bonchev–Trinajstić information content (AvgIpc) is 3.10. The summed E-state index contributed by atoms with van der Waals surface area (Å²) in [6.45, 7) is 5.42. The second kappa shape index (κ2) is 9.45. The summed E-state index contributed by atoms with van der Waals surface area (Å²) in [6, 6.07) is 20.9. The number of aliphatic hydroxyl groups is 1. The number of aromatic nitrogens is 2. The summed E-state index contributed by atoms with van der Waals surface area (Å²) >= 11 is 0. The third-order valence-electron chi connectivity index (χ3n) is 4.45. The molecule has 0 aliphatic carbocycles. The van der Waals surface area contributed by atoms with Crippen molar-refractivity contribution in [2.45, 2.75) is 39.3 Å². The van der Waals surface area contributed by atoms with E-state index < -0.39 is 11.7 Å². The highest BCUT2D eigenvalue weighted by Gasteiger charge is 2.31. The normalized spacial score (nSPS) is 11.1. The van der Waals surface area contributed by atoms with Crippen LogP contribution in [0.4, 0.5) is 10.6 Å². The van der Waals surface area contributed by atoms with Crippen molar-refractivity contribution in [1.29, 1.82) is 5.26 Å². The van der Waals surface area contributed by atoms with Gasteiger partial charge in [0.15, 0.2) is 5.82 Å². The minimum absolute atomic E-state index is 0.162. The second-order valence-corrected chi connectivity index (χ2v) is 8.03. The summed E-state index contributed by atoms with van der Waals surface area (Å²) < 4.78 is 7.24. The standard InChI is InChI=1S/C24H26N4O3/c1-24(2,3)31-23(30)27(17-18-10-6-4-7-11-18)22-20(16-25)21(14-15-29)26-28(22)19-12-8-5-9-13-19/h4-13,29H,14-15,17H2,1-3H3. The van der Waals surface area contributed by atoms with Crippen molar-refractivity contribution < 1.29 is 14.6 Å². The number of nitrogens with zero attached hydrogens (tertiary/aromatic N) is 4. The van der Waals surface area contributed by atoms with Crippen LogP contribution < -0.4 is 4.90 Å². The summed E-state index contributed by atoms with van der Waals surface area (Å²) in [5, 5.41) is 24.0. The molecule has 0 atom stereocenters. The number of hydrogen-bond donors (Lipinski definition) is 1. The smallest absolute Gasteiger partial charge is 0.416 e. The van der Waals surface area contributed by atoms with Crippen LogP contribution in [0, 0.1) is 11.3 Å². The number of amides is 1. The fourth-order valence-electron chi connectivity index (χ4n) is 3.16. The van der Waals surface area contributed by atoms with Gasteiger partial charge in [-0.15, -0.1) is 0 Å². The maximum Gasteiger partial charge on any atom is 0.416 e. The largest absolute Gasteiger partial charge is 0.443 e. The molecule has 1 heterocycles. The number of carbonyl (C=O) groups excluding carboxylic acids is 1. The van der Waals surface area contributed by atoms with Crippen LogP contribution >= 0.6 is 0 Å². The van der Waals surface area contributed by atoms with Gasteiger partial charge in [0.05, 0.1) is 17.9 Å². The number of para-hydroxylation sites is 1. The lowest BCUT2D eigenvalue weighted by Crippen LogP contribution is -2.38. The lowest BCUT2D eigenvalue weighted by Gasteiger charge is -2.28. The minimum atomic E-state index is -0.718. The molecule has 0 saturated carbocycles. The maximum atomic E-state index is 13.3. The molecule has 0 spiro atoms. The summed E-state index contributed by atoms with van der Waals surface area (Å²) in [4.78, 5) is 14.7. The van der Waals surface area contributed by atoms with Crippen LogP contribution in [-0.4, -0.2) is 33.2 Å².